The standard InChI is InChI=1S/C17H18N2O5/c1-3-9-18-15(21)11(2)24-14(20)8-10-19-16(22)12-6-4-5-7-13(12)17(19)23/h3-7,11H,1,8-10H2,2H3,(H,18,21)/t11-/m1/s1. The number of hydrogen-bond acceptors (Lipinski definition) is 5. The molecule has 24 heavy (non-hydrogen) atoms. The predicted octanol–water partition coefficient (Wildman–Crippen LogP) is 0.907. The van der Waals surface area contributed by atoms with E-state index in [4.69, 9.17) is 4.74 Å². The third-order valence-corrected chi connectivity index (χ3v) is 3.52. The minimum atomic E-state index is -0.959. The van der Waals surface area contributed by atoms with Crippen LogP contribution in [0, 0.1) is 0 Å². The highest BCUT2D eigenvalue weighted by Gasteiger charge is 2.35. The first kappa shape index (κ1) is 17.4. The van der Waals surface area contributed by atoms with Crippen molar-refractivity contribution >= 4 is 23.7 Å². The third kappa shape index (κ3) is 3.68. The third-order valence-electron chi connectivity index (χ3n) is 3.52. The topological polar surface area (TPSA) is 92.8 Å². The molecule has 7 heteroatoms. The van der Waals surface area contributed by atoms with E-state index >= 15 is 0 Å². The van der Waals surface area contributed by atoms with E-state index in [1.54, 1.807) is 24.3 Å². The van der Waals surface area contributed by atoms with Gasteiger partial charge in [-0.15, -0.1) is 6.58 Å². The average molecular weight is 330 g/mol. The molecule has 1 aliphatic heterocycles. The molecule has 2 rings (SSSR count). The number of imide groups is 1. The number of nitrogens with one attached hydrogen (secondary N) is 1. The van der Waals surface area contributed by atoms with E-state index < -0.39 is 29.8 Å². The first-order chi connectivity index (χ1) is 11.5. The monoisotopic (exact) mass is 330 g/mol. The molecule has 0 fully saturated rings. The second-order valence-electron chi connectivity index (χ2n) is 5.22. The highest BCUT2D eigenvalue weighted by Crippen LogP contribution is 2.22. The summed E-state index contributed by atoms with van der Waals surface area (Å²) >= 11 is 0. The second kappa shape index (κ2) is 7.54. The zero-order valence-electron chi connectivity index (χ0n) is 13.3. The number of ether oxygens (including phenoxy) is 1. The van der Waals surface area contributed by atoms with Crippen molar-refractivity contribution in [1.29, 1.82) is 0 Å². The summed E-state index contributed by atoms with van der Waals surface area (Å²) < 4.78 is 4.98. The van der Waals surface area contributed by atoms with Gasteiger partial charge in [0.2, 0.25) is 0 Å². The maximum atomic E-state index is 12.1. The molecule has 0 unspecified atom stereocenters. The Morgan fingerprint density at radius 1 is 1.25 bits per heavy atom. The van der Waals surface area contributed by atoms with Crippen LogP contribution >= 0.6 is 0 Å². The first-order valence-corrected chi connectivity index (χ1v) is 7.49. The lowest BCUT2D eigenvalue weighted by Crippen LogP contribution is -2.37. The Balaban J connectivity index is 1.87. The molecule has 0 radical (unpaired) electrons. The molecule has 0 saturated heterocycles. The lowest BCUT2D eigenvalue weighted by molar-refractivity contribution is -0.154. The molecule has 7 nitrogen and oxygen atoms in total. The van der Waals surface area contributed by atoms with Gasteiger partial charge in [0, 0.05) is 13.1 Å². The molecule has 1 aromatic carbocycles. The van der Waals surface area contributed by atoms with Gasteiger partial charge in [0.05, 0.1) is 17.5 Å². The van der Waals surface area contributed by atoms with Gasteiger partial charge in [-0.25, -0.2) is 0 Å². The lowest BCUT2D eigenvalue weighted by Gasteiger charge is -2.15. The summed E-state index contributed by atoms with van der Waals surface area (Å²) in [6.45, 7) is 5.09. The average Bonchev–Trinajstić information content (AvgIpc) is 2.82. The molecule has 1 aliphatic rings. The van der Waals surface area contributed by atoms with Gasteiger partial charge in [0.15, 0.2) is 6.10 Å². The Morgan fingerprint density at radius 2 is 1.83 bits per heavy atom. The van der Waals surface area contributed by atoms with Crippen LogP contribution in [0.5, 0.6) is 0 Å². The summed E-state index contributed by atoms with van der Waals surface area (Å²) in [5.41, 5.74) is 0.654. The summed E-state index contributed by atoms with van der Waals surface area (Å²) in [7, 11) is 0. The van der Waals surface area contributed by atoms with Crippen LogP contribution in [0.25, 0.3) is 0 Å². The Hall–Kier alpha value is -2.96. The molecular formula is C17H18N2O5. The fraction of sp³-hybridized carbons (Fsp3) is 0.294. The molecule has 0 bridgehead atoms. The zero-order chi connectivity index (χ0) is 17.7. The molecule has 1 N–H and O–H groups in total. The number of nitrogens with zero attached hydrogens (tertiary/aromatic N) is 1. The number of amides is 3. The van der Waals surface area contributed by atoms with Crippen LogP contribution in [0.15, 0.2) is 36.9 Å². The van der Waals surface area contributed by atoms with Gasteiger partial charge in [0.1, 0.15) is 0 Å². The van der Waals surface area contributed by atoms with Gasteiger partial charge in [-0.2, -0.15) is 0 Å². The normalized spacial score (nSPS) is 14.1. The molecule has 126 valence electrons. The lowest BCUT2D eigenvalue weighted by atomic mass is 10.1. The van der Waals surface area contributed by atoms with Crippen molar-refractivity contribution < 1.29 is 23.9 Å². The van der Waals surface area contributed by atoms with E-state index in [2.05, 4.69) is 11.9 Å². The fourth-order valence-corrected chi connectivity index (χ4v) is 2.27. The molecule has 1 heterocycles. The number of fused-ring (bicyclic) bond motifs is 1. The summed E-state index contributed by atoms with van der Waals surface area (Å²) in [6, 6.07) is 6.48. The Morgan fingerprint density at radius 3 is 2.38 bits per heavy atom. The summed E-state index contributed by atoms with van der Waals surface area (Å²) in [5.74, 6) is -1.96. The number of carbonyl (C=O) groups is 4. The smallest absolute Gasteiger partial charge is 0.308 e. The fourth-order valence-electron chi connectivity index (χ4n) is 2.27. The van der Waals surface area contributed by atoms with E-state index in [-0.39, 0.29) is 19.5 Å². The summed E-state index contributed by atoms with van der Waals surface area (Å²) in [4.78, 5) is 48.7. The van der Waals surface area contributed by atoms with Crippen molar-refractivity contribution in [2.75, 3.05) is 13.1 Å². The van der Waals surface area contributed by atoms with Gasteiger partial charge in [-0.05, 0) is 19.1 Å². The quantitative estimate of drug-likeness (QED) is 0.456. The van der Waals surface area contributed by atoms with Crippen LogP contribution in [0.3, 0.4) is 0 Å². The number of benzene rings is 1. The molecule has 1 aromatic rings. The van der Waals surface area contributed by atoms with Gasteiger partial charge in [0.25, 0.3) is 17.7 Å². The Labute approximate surface area is 139 Å². The van der Waals surface area contributed by atoms with E-state index in [0.29, 0.717) is 11.1 Å². The van der Waals surface area contributed by atoms with Crippen LogP contribution in [0.2, 0.25) is 0 Å². The van der Waals surface area contributed by atoms with E-state index in [0.717, 1.165) is 4.90 Å². The molecule has 3 amide bonds. The van der Waals surface area contributed by atoms with Crippen molar-refractivity contribution in [2.45, 2.75) is 19.4 Å². The minimum Gasteiger partial charge on any atom is -0.452 e. The zero-order valence-corrected chi connectivity index (χ0v) is 13.3. The van der Waals surface area contributed by atoms with Crippen LogP contribution in [0.1, 0.15) is 34.1 Å². The number of esters is 1. The Bertz CT molecular complexity index is 663. The minimum absolute atomic E-state index is 0.0911. The second-order valence-corrected chi connectivity index (χ2v) is 5.22. The van der Waals surface area contributed by atoms with E-state index in [9.17, 15) is 19.2 Å². The predicted molar refractivity (Wildman–Crippen MR) is 85.2 cm³/mol. The van der Waals surface area contributed by atoms with Gasteiger partial charge < -0.3 is 10.1 Å². The van der Waals surface area contributed by atoms with Crippen molar-refractivity contribution in [1.82, 2.24) is 10.2 Å². The molecular weight excluding hydrogens is 312 g/mol. The van der Waals surface area contributed by atoms with Gasteiger partial charge >= 0.3 is 5.97 Å². The highest BCUT2D eigenvalue weighted by molar-refractivity contribution is 6.21. The molecule has 1 atom stereocenters. The summed E-state index contributed by atoms with van der Waals surface area (Å²) in [5, 5.41) is 2.51. The molecule has 0 spiro atoms. The Kier molecular flexibility index (Phi) is 5.47. The van der Waals surface area contributed by atoms with E-state index in [1.807, 2.05) is 0 Å². The van der Waals surface area contributed by atoms with Crippen LogP contribution in [-0.2, 0) is 14.3 Å². The van der Waals surface area contributed by atoms with Crippen molar-refractivity contribution in [3.63, 3.8) is 0 Å². The number of hydrogen-bond donors (Lipinski definition) is 1. The summed E-state index contributed by atoms with van der Waals surface area (Å²) in [6.07, 6.45) is 0.374. The van der Waals surface area contributed by atoms with Crippen LogP contribution < -0.4 is 5.32 Å². The molecule has 0 aliphatic carbocycles. The van der Waals surface area contributed by atoms with Crippen molar-refractivity contribution in [3.8, 4) is 0 Å². The molecule has 0 saturated carbocycles. The largest absolute Gasteiger partial charge is 0.452 e. The molecule has 0 aromatic heterocycles. The van der Waals surface area contributed by atoms with Crippen molar-refractivity contribution in [3.05, 3.63) is 48.0 Å². The van der Waals surface area contributed by atoms with Crippen molar-refractivity contribution in [2.24, 2.45) is 0 Å². The maximum absolute atomic E-state index is 12.1. The van der Waals surface area contributed by atoms with Gasteiger partial charge in [-0.1, -0.05) is 18.2 Å². The van der Waals surface area contributed by atoms with E-state index in [1.165, 1.54) is 13.0 Å². The van der Waals surface area contributed by atoms with Crippen LogP contribution in [0.4, 0.5) is 0 Å². The van der Waals surface area contributed by atoms with Crippen LogP contribution in [-0.4, -0.2) is 47.8 Å². The van der Waals surface area contributed by atoms with Gasteiger partial charge in [-0.3, -0.25) is 24.1 Å². The number of rotatable bonds is 7. The first-order valence-electron chi connectivity index (χ1n) is 7.49. The SMILES string of the molecule is C=CCNC(=O)[C@@H](C)OC(=O)CCN1C(=O)c2ccccc2C1=O. The highest BCUT2D eigenvalue weighted by atomic mass is 16.5. The number of carbonyl (C=O) groups excluding carboxylic acids is 4. The maximum Gasteiger partial charge on any atom is 0.308 e.